The van der Waals surface area contributed by atoms with Crippen molar-refractivity contribution in [3.05, 3.63) is 29.8 Å². The largest absolute Gasteiger partial charge is 0.481 e. The second kappa shape index (κ2) is 7.53. The Kier molecular flexibility index (Phi) is 6.03. The van der Waals surface area contributed by atoms with E-state index in [-0.39, 0.29) is 18.5 Å². The number of carbonyl (C=O) groups excluding carboxylic acids is 1. The summed E-state index contributed by atoms with van der Waals surface area (Å²) in [5.41, 5.74) is 1.12. The summed E-state index contributed by atoms with van der Waals surface area (Å²) in [6.45, 7) is 6.10. The summed E-state index contributed by atoms with van der Waals surface area (Å²) in [4.78, 5) is 22.7. The minimum absolute atomic E-state index is 0.0617. The molecule has 0 radical (unpaired) electrons. The van der Waals surface area contributed by atoms with E-state index in [1.807, 2.05) is 6.92 Å². The molecule has 1 aromatic rings. The van der Waals surface area contributed by atoms with Crippen LogP contribution in [0.25, 0.3) is 0 Å². The van der Waals surface area contributed by atoms with Gasteiger partial charge in [-0.3, -0.25) is 4.79 Å². The SMILES string of the molecule is CCC(C)C(C)NC(=O)Nc1ccccc1CC(=O)O. The number of para-hydroxylation sites is 1. The Morgan fingerprint density at radius 2 is 1.90 bits per heavy atom. The molecule has 2 amide bonds. The lowest BCUT2D eigenvalue weighted by Gasteiger charge is -2.20. The second-order valence-electron chi connectivity index (χ2n) is 5.00. The van der Waals surface area contributed by atoms with E-state index in [9.17, 15) is 9.59 Å². The molecule has 110 valence electrons. The number of rotatable bonds is 6. The molecule has 5 heteroatoms. The van der Waals surface area contributed by atoms with Crippen LogP contribution in [0.2, 0.25) is 0 Å². The highest BCUT2D eigenvalue weighted by Gasteiger charge is 2.14. The van der Waals surface area contributed by atoms with Gasteiger partial charge >= 0.3 is 12.0 Å². The Bertz CT molecular complexity index is 474. The van der Waals surface area contributed by atoms with Crippen LogP contribution in [0.15, 0.2) is 24.3 Å². The van der Waals surface area contributed by atoms with E-state index in [4.69, 9.17) is 5.11 Å². The van der Waals surface area contributed by atoms with Gasteiger partial charge in [0, 0.05) is 11.7 Å². The highest BCUT2D eigenvalue weighted by atomic mass is 16.4. The average Bonchev–Trinajstić information content (AvgIpc) is 2.39. The molecule has 1 rings (SSSR count). The fourth-order valence-electron chi connectivity index (χ4n) is 1.82. The highest BCUT2D eigenvalue weighted by Crippen LogP contribution is 2.16. The molecule has 0 aliphatic heterocycles. The molecule has 2 unspecified atom stereocenters. The van der Waals surface area contributed by atoms with Crippen molar-refractivity contribution in [2.45, 2.75) is 39.7 Å². The predicted octanol–water partition coefficient (Wildman–Crippen LogP) is 2.87. The number of benzene rings is 1. The molecule has 0 fully saturated rings. The van der Waals surface area contributed by atoms with Crippen molar-refractivity contribution in [3.63, 3.8) is 0 Å². The molecule has 0 bridgehead atoms. The zero-order valence-electron chi connectivity index (χ0n) is 12.1. The first-order valence-electron chi connectivity index (χ1n) is 6.81. The van der Waals surface area contributed by atoms with Gasteiger partial charge in [0.1, 0.15) is 0 Å². The molecule has 0 aliphatic rings. The molecule has 2 atom stereocenters. The van der Waals surface area contributed by atoms with Gasteiger partial charge in [-0.1, -0.05) is 38.5 Å². The second-order valence-corrected chi connectivity index (χ2v) is 5.00. The van der Waals surface area contributed by atoms with Crippen LogP contribution in [0, 0.1) is 5.92 Å². The number of amides is 2. The normalized spacial score (nSPS) is 13.3. The van der Waals surface area contributed by atoms with Gasteiger partial charge in [-0.15, -0.1) is 0 Å². The van der Waals surface area contributed by atoms with E-state index in [1.54, 1.807) is 24.3 Å². The summed E-state index contributed by atoms with van der Waals surface area (Å²) in [5, 5.41) is 14.4. The molecule has 0 aliphatic carbocycles. The van der Waals surface area contributed by atoms with Crippen molar-refractivity contribution in [3.8, 4) is 0 Å². The molecule has 20 heavy (non-hydrogen) atoms. The van der Waals surface area contributed by atoms with E-state index in [1.165, 1.54) is 0 Å². The third kappa shape index (κ3) is 4.91. The van der Waals surface area contributed by atoms with Crippen LogP contribution in [0.3, 0.4) is 0 Å². The van der Waals surface area contributed by atoms with Crippen LogP contribution in [-0.2, 0) is 11.2 Å². The molecular formula is C15H22N2O3. The number of aliphatic carboxylic acids is 1. The Labute approximate surface area is 119 Å². The van der Waals surface area contributed by atoms with E-state index in [2.05, 4.69) is 24.5 Å². The van der Waals surface area contributed by atoms with Crippen molar-refractivity contribution in [1.82, 2.24) is 5.32 Å². The van der Waals surface area contributed by atoms with Gasteiger partial charge in [0.05, 0.1) is 6.42 Å². The maximum absolute atomic E-state index is 11.9. The van der Waals surface area contributed by atoms with Gasteiger partial charge in [-0.05, 0) is 24.5 Å². The van der Waals surface area contributed by atoms with Crippen molar-refractivity contribution in [1.29, 1.82) is 0 Å². The number of carboxylic acids is 1. The van der Waals surface area contributed by atoms with Gasteiger partial charge < -0.3 is 15.7 Å². The molecule has 3 N–H and O–H groups in total. The number of hydrogen-bond acceptors (Lipinski definition) is 2. The van der Waals surface area contributed by atoms with Crippen LogP contribution in [0.4, 0.5) is 10.5 Å². The van der Waals surface area contributed by atoms with Crippen molar-refractivity contribution < 1.29 is 14.7 Å². The molecule has 0 aromatic heterocycles. The van der Waals surface area contributed by atoms with Crippen LogP contribution >= 0.6 is 0 Å². The quantitative estimate of drug-likeness (QED) is 0.748. The zero-order valence-corrected chi connectivity index (χ0v) is 12.1. The highest BCUT2D eigenvalue weighted by molar-refractivity contribution is 5.91. The minimum atomic E-state index is -0.923. The third-order valence-electron chi connectivity index (χ3n) is 3.46. The van der Waals surface area contributed by atoms with Crippen LogP contribution in [-0.4, -0.2) is 23.1 Å². The van der Waals surface area contributed by atoms with Crippen LogP contribution in [0.1, 0.15) is 32.8 Å². The third-order valence-corrected chi connectivity index (χ3v) is 3.46. The monoisotopic (exact) mass is 278 g/mol. The van der Waals surface area contributed by atoms with Gasteiger partial charge in [0.25, 0.3) is 0 Å². The molecule has 0 saturated carbocycles. The lowest BCUT2D eigenvalue weighted by molar-refractivity contribution is -0.136. The Hall–Kier alpha value is -2.04. The van der Waals surface area contributed by atoms with Gasteiger partial charge in [-0.25, -0.2) is 4.79 Å². The fraction of sp³-hybridized carbons (Fsp3) is 0.467. The van der Waals surface area contributed by atoms with Crippen LogP contribution < -0.4 is 10.6 Å². The first-order valence-corrected chi connectivity index (χ1v) is 6.81. The minimum Gasteiger partial charge on any atom is -0.481 e. The zero-order chi connectivity index (χ0) is 15.1. The number of carboxylic acid groups (broad SMARTS) is 1. The molecule has 0 saturated heterocycles. The fourth-order valence-corrected chi connectivity index (χ4v) is 1.82. The number of nitrogens with one attached hydrogen (secondary N) is 2. The molecule has 0 heterocycles. The molecule has 0 spiro atoms. The lowest BCUT2D eigenvalue weighted by Crippen LogP contribution is -2.39. The summed E-state index contributed by atoms with van der Waals surface area (Å²) in [6, 6.07) is 6.66. The summed E-state index contributed by atoms with van der Waals surface area (Å²) in [6.07, 6.45) is 0.869. The molecule has 1 aromatic carbocycles. The molecular weight excluding hydrogens is 256 g/mol. The first-order chi connectivity index (χ1) is 9.43. The summed E-state index contributed by atoms with van der Waals surface area (Å²) in [7, 11) is 0. The van der Waals surface area contributed by atoms with Crippen LogP contribution in [0.5, 0.6) is 0 Å². The van der Waals surface area contributed by atoms with E-state index in [0.717, 1.165) is 6.42 Å². The van der Waals surface area contributed by atoms with E-state index >= 15 is 0 Å². The molecule has 5 nitrogen and oxygen atoms in total. The standard InChI is InChI=1S/C15H22N2O3/c1-4-10(2)11(3)16-15(20)17-13-8-6-5-7-12(13)9-14(18)19/h5-8,10-11H,4,9H2,1-3H3,(H,18,19)(H2,16,17,20). The number of anilines is 1. The summed E-state index contributed by atoms with van der Waals surface area (Å²) >= 11 is 0. The Morgan fingerprint density at radius 3 is 2.50 bits per heavy atom. The summed E-state index contributed by atoms with van der Waals surface area (Å²) in [5.74, 6) is -0.539. The Morgan fingerprint density at radius 1 is 1.25 bits per heavy atom. The number of carbonyl (C=O) groups is 2. The van der Waals surface area contributed by atoms with Gasteiger partial charge in [-0.2, -0.15) is 0 Å². The average molecular weight is 278 g/mol. The first kappa shape index (κ1) is 16.0. The van der Waals surface area contributed by atoms with Gasteiger partial charge in [0.15, 0.2) is 0 Å². The van der Waals surface area contributed by atoms with E-state index in [0.29, 0.717) is 17.2 Å². The maximum Gasteiger partial charge on any atom is 0.319 e. The number of hydrogen-bond donors (Lipinski definition) is 3. The number of urea groups is 1. The predicted molar refractivity (Wildman–Crippen MR) is 78.9 cm³/mol. The van der Waals surface area contributed by atoms with Gasteiger partial charge in [0.2, 0.25) is 0 Å². The lowest BCUT2D eigenvalue weighted by atomic mass is 10.0. The Balaban J connectivity index is 2.68. The smallest absolute Gasteiger partial charge is 0.319 e. The van der Waals surface area contributed by atoms with Crippen molar-refractivity contribution >= 4 is 17.7 Å². The van der Waals surface area contributed by atoms with Crippen molar-refractivity contribution in [2.75, 3.05) is 5.32 Å². The summed E-state index contributed by atoms with van der Waals surface area (Å²) < 4.78 is 0. The van der Waals surface area contributed by atoms with Crippen molar-refractivity contribution in [2.24, 2.45) is 5.92 Å². The maximum atomic E-state index is 11.9. The van der Waals surface area contributed by atoms with E-state index < -0.39 is 5.97 Å². The topological polar surface area (TPSA) is 78.4 Å².